The molecule has 3 aromatic rings. The second kappa shape index (κ2) is 6.57. The largest absolute Gasteiger partial charge is 0.299 e. The summed E-state index contributed by atoms with van der Waals surface area (Å²) in [5, 5.41) is 11.8. The molecule has 0 bridgehead atoms. The minimum atomic E-state index is 0.109. The summed E-state index contributed by atoms with van der Waals surface area (Å²) < 4.78 is 1.87. The van der Waals surface area contributed by atoms with Crippen molar-refractivity contribution in [3.63, 3.8) is 0 Å². The molecule has 0 fully saturated rings. The average Bonchev–Trinajstić information content (AvgIpc) is 3.16. The van der Waals surface area contributed by atoms with Crippen molar-refractivity contribution in [1.82, 2.24) is 25.0 Å². The van der Waals surface area contributed by atoms with Gasteiger partial charge in [0.25, 0.3) is 0 Å². The van der Waals surface area contributed by atoms with Gasteiger partial charge in [-0.3, -0.25) is 14.6 Å². The Balaban J connectivity index is 1.75. The third-order valence-electron chi connectivity index (χ3n) is 2.97. The molecule has 0 spiro atoms. The maximum absolute atomic E-state index is 11.0. The number of ketones is 1. The highest BCUT2D eigenvalue weighted by Crippen LogP contribution is 2.20. The lowest BCUT2D eigenvalue weighted by Crippen LogP contribution is -1.99. The molecule has 1 aromatic carbocycles. The van der Waals surface area contributed by atoms with Crippen molar-refractivity contribution in [3.8, 4) is 11.4 Å². The predicted octanol–water partition coefficient (Wildman–Crippen LogP) is 2.40. The summed E-state index contributed by atoms with van der Waals surface area (Å²) in [5.41, 5.74) is 2.10. The van der Waals surface area contributed by atoms with E-state index < -0.39 is 0 Å². The van der Waals surface area contributed by atoms with Gasteiger partial charge in [0.2, 0.25) is 5.16 Å². The third-order valence-corrected chi connectivity index (χ3v) is 3.97. The highest BCUT2D eigenvalue weighted by atomic mass is 32.2. The molecular formula is C15H15N5OS. The number of nitrogens with one attached hydrogen (secondary N) is 1. The van der Waals surface area contributed by atoms with Gasteiger partial charge in [0, 0.05) is 18.0 Å². The van der Waals surface area contributed by atoms with E-state index in [2.05, 4.69) is 26.3 Å². The fourth-order valence-corrected chi connectivity index (χ4v) is 2.60. The van der Waals surface area contributed by atoms with Crippen LogP contribution in [0.2, 0.25) is 0 Å². The number of H-pyrrole nitrogens is 1. The number of carbonyl (C=O) groups is 1. The molecule has 2 aromatic heterocycles. The summed E-state index contributed by atoms with van der Waals surface area (Å²) in [6.45, 7) is 2.26. The predicted molar refractivity (Wildman–Crippen MR) is 84.6 cm³/mol. The number of hydrogen-bond donors (Lipinski definition) is 1. The minimum Gasteiger partial charge on any atom is -0.299 e. The molecule has 0 saturated heterocycles. The van der Waals surface area contributed by atoms with E-state index in [1.807, 2.05) is 35.1 Å². The number of thioether (sulfide) groups is 1. The van der Waals surface area contributed by atoms with Crippen LogP contribution in [0.4, 0.5) is 0 Å². The lowest BCUT2D eigenvalue weighted by atomic mass is 10.1. The summed E-state index contributed by atoms with van der Waals surface area (Å²) in [6.07, 6.45) is 3.69. The first-order valence-electron chi connectivity index (χ1n) is 6.82. The Labute approximate surface area is 132 Å². The number of aromatic amines is 1. The second-order valence-electron chi connectivity index (χ2n) is 4.86. The topological polar surface area (TPSA) is 76.5 Å². The van der Waals surface area contributed by atoms with Crippen LogP contribution in [0.15, 0.2) is 47.9 Å². The maximum atomic E-state index is 11.0. The Morgan fingerprint density at radius 1 is 1.36 bits per heavy atom. The monoisotopic (exact) mass is 313 g/mol. The molecule has 22 heavy (non-hydrogen) atoms. The van der Waals surface area contributed by atoms with Crippen molar-refractivity contribution >= 4 is 17.5 Å². The molecule has 0 saturated carbocycles. The number of Topliss-reactive ketones (excluding diaryl/α,β-unsaturated/α-hetero) is 1. The van der Waals surface area contributed by atoms with E-state index in [1.54, 1.807) is 13.1 Å². The average molecular weight is 313 g/mol. The zero-order valence-electron chi connectivity index (χ0n) is 12.1. The van der Waals surface area contributed by atoms with E-state index >= 15 is 0 Å². The lowest BCUT2D eigenvalue weighted by Gasteiger charge is -2.03. The van der Waals surface area contributed by atoms with Gasteiger partial charge in [0.15, 0.2) is 5.82 Å². The van der Waals surface area contributed by atoms with Crippen LogP contribution in [0.5, 0.6) is 0 Å². The Bertz CT molecular complexity index is 766. The summed E-state index contributed by atoms with van der Waals surface area (Å²) in [7, 11) is 0. The van der Waals surface area contributed by atoms with Crippen LogP contribution < -0.4 is 0 Å². The molecular weight excluding hydrogens is 298 g/mol. The lowest BCUT2D eigenvalue weighted by molar-refractivity contribution is -0.114. The van der Waals surface area contributed by atoms with E-state index in [0.29, 0.717) is 23.3 Å². The highest BCUT2D eigenvalue weighted by Gasteiger charge is 2.08. The number of benzene rings is 1. The fourth-order valence-electron chi connectivity index (χ4n) is 2.00. The van der Waals surface area contributed by atoms with Gasteiger partial charge < -0.3 is 0 Å². The van der Waals surface area contributed by atoms with Gasteiger partial charge in [-0.1, -0.05) is 30.0 Å². The van der Waals surface area contributed by atoms with Crippen molar-refractivity contribution in [2.24, 2.45) is 0 Å². The molecule has 112 valence electrons. The molecule has 6 nitrogen and oxygen atoms in total. The second-order valence-corrected chi connectivity index (χ2v) is 5.80. The van der Waals surface area contributed by atoms with Crippen LogP contribution in [0.3, 0.4) is 0 Å². The summed E-state index contributed by atoms with van der Waals surface area (Å²) >= 11 is 1.33. The maximum Gasteiger partial charge on any atom is 0.209 e. The van der Waals surface area contributed by atoms with Crippen molar-refractivity contribution < 1.29 is 4.79 Å². The van der Waals surface area contributed by atoms with Crippen LogP contribution in [0.1, 0.15) is 12.5 Å². The van der Waals surface area contributed by atoms with Gasteiger partial charge >= 0.3 is 0 Å². The van der Waals surface area contributed by atoms with Gasteiger partial charge in [-0.05, 0) is 24.6 Å². The van der Waals surface area contributed by atoms with E-state index in [-0.39, 0.29) is 5.78 Å². The minimum absolute atomic E-state index is 0.109. The van der Waals surface area contributed by atoms with Crippen molar-refractivity contribution in [2.75, 3.05) is 5.75 Å². The summed E-state index contributed by atoms with van der Waals surface area (Å²) in [5.74, 6) is 1.20. The highest BCUT2D eigenvalue weighted by molar-refractivity contribution is 7.99. The Kier molecular flexibility index (Phi) is 4.34. The standard InChI is InChI=1S/C15H15N5OS/c1-11(21)10-22-15-17-14(18-19-15)13-5-2-4-12(8-13)9-20-7-3-6-16-20/h2-8H,9-10H2,1H3,(H,17,18,19). The Hall–Kier alpha value is -2.41. The molecule has 3 rings (SSSR count). The number of carbonyl (C=O) groups excluding carboxylic acids is 1. The Morgan fingerprint density at radius 3 is 3.05 bits per heavy atom. The van der Waals surface area contributed by atoms with Crippen molar-refractivity contribution in [1.29, 1.82) is 0 Å². The Morgan fingerprint density at radius 2 is 2.27 bits per heavy atom. The fraction of sp³-hybridized carbons (Fsp3) is 0.200. The third kappa shape index (κ3) is 3.62. The number of rotatable bonds is 6. The van der Waals surface area contributed by atoms with E-state index in [9.17, 15) is 4.79 Å². The molecule has 1 N–H and O–H groups in total. The quantitative estimate of drug-likeness (QED) is 0.707. The van der Waals surface area contributed by atoms with E-state index in [0.717, 1.165) is 11.1 Å². The SMILES string of the molecule is CC(=O)CSc1n[nH]c(-c2cccc(Cn3cccn3)c2)n1. The molecule has 2 heterocycles. The molecule has 0 aliphatic carbocycles. The van der Waals surface area contributed by atoms with E-state index in [4.69, 9.17) is 0 Å². The van der Waals surface area contributed by atoms with Gasteiger partial charge in [-0.25, -0.2) is 4.98 Å². The smallest absolute Gasteiger partial charge is 0.209 e. The number of nitrogens with zero attached hydrogens (tertiary/aromatic N) is 4. The zero-order chi connectivity index (χ0) is 15.4. The summed E-state index contributed by atoms with van der Waals surface area (Å²) in [4.78, 5) is 15.4. The first-order valence-corrected chi connectivity index (χ1v) is 7.80. The molecule has 0 aliphatic heterocycles. The normalized spacial score (nSPS) is 10.8. The number of aromatic nitrogens is 5. The van der Waals surface area contributed by atoms with Gasteiger partial charge in [-0.2, -0.15) is 5.10 Å². The van der Waals surface area contributed by atoms with Crippen LogP contribution in [-0.4, -0.2) is 36.5 Å². The van der Waals surface area contributed by atoms with Crippen molar-refractivity contribution in [2.45, 2.75) is 18.6 Å². The van der Waals surface area contributed by atoms with Crippen LogP contribution >= 0.6 is 11.8 Å². The number of hydrogen-bond acceptors (Lipinski definition) is 5. The van der Waals surface area contributed by atoms with Crippen LogP contribution in [0, 0.1) is 0 Å². The van der Waals surface area contributed by atoms with Gasteiger partial charge in [-0.15, -0.1) is 5.10 Å². The molecule has 0 unspecified atom stereocenters. The van der Waals surface area contributed by atoms with Crippen LogP contribution in [-0.2, 0) is 11.3 Å². The zero-order valence-corrected chi connectivity index (χ0v) is 12.9. The van der Waals surface area contributed by atoms with E-state index in [1.165, 1.54) is 11.8 Å². The molecule has 0 amide bonds. The van der Waals surface area contributed by atoms with Crippen LogP contribution in [0.25, 0.3) is 11.4 Å². The first-order chi connectivity index (χ1) is 10.7. The summed E-state index contributed by atoms with van der Waals surface area (Å²) in [6, 6.07) is 9.97. The molecule has 0 aliphatic rings. The molecule has 0 atom stereocenters. The van der Waals surface area contributed by atoms with Gasteiger partial charge in [0.05, 0.1) is 12.3 Å². The molecule has 0 radical (unpaired) electrons. The van der Waals surface area contributed by atoms with Crippen molar-refractivity contribution in [3.05, 3.63) is 48.3 Å². The molecule has 7 heteroatoms. The van der Waals surface area contributed by atoms with Gasteiger partial charge in [0.1, 0.15) is 5.78 Å². The first kappa shape index (κ1) is 14.5.